The summed E-state index contributed by atoms with van der Waals surface area (Å²) in [4.78, 5) is 21.8. The average molecular weight is 619 g/mol. The van der Waals surface area contributed by atoms with Crippen LogP contribution >= 0.6 is 23.2 Å². The maximum absolute atomic E-state index is 14.3. The van der Waals surface area contributed by atoms with Crippen LogP contribution in [-0.2, 0) is 23.4 Å². The fraction of sp³-hybridized carbons (Fsp3) is 0.320. The van der Waals surface area contributed by atoms with E-state index in [4.69, 9.17) is 33.3 Å². The number of benzene rings is 2. The van der Waals surface area contributed by atoms with E-state index in [1.165, 1.54) is 31.2 Å². The number of amides is 1. The third-order valence-corrected chi connectivity index (χ3v) is 6.58. The molecular weight excluding hydrogens is 601 g/mol. The molecule has 0 aliphatic carbocycles. The molecule has 4 rings (SSSR count). The summed E-state index contributed by atoms with van der Waals surface area (Å²) in [5.41, 5.74) is -2.52. The van der Waals surface area contributed by atoms with Gasteiger partial charge < -0.3 is 4.84 Å². The first kappa shape index (κ1) is 30.1. The molecular formula is C25H18Cl2F6N6O2. The zero-order valence-electron chi connectivity index (χ0n) is 20.9. The molecule has 1 N–H and O–H groups in total. The largest absolute Gasteiger partial charge is 0.435 e. The quantitative estimate of drug-likeness (QED) is 0.295. The van der Waals surface area contributed by atoms with Crippen molar-refractivity contribution in [1.29, 1.82) is 5.26 Å². The standard InChI is InChI=1S/C25H18Cl2F6N6O2/c1-13-8-14(19-12-23(41-38-19,25(31,32)33)15-9-16(26)11-17(27)10-15)2-3-18(13)21(40)36-22-35-20(4-5-24(28,29)30)39(37-22)7-6-34/h2-3,8-11H,4-5,7,12H2,1H3,(H,36,37,40). The van der Waals surface area contributed by atoms with Crippen molar-refractivity contribution in [3.63, 3.8) is 0 Å². The van der Waals surface area contributed by atoms with Crippen molar-refractivity contribution < 1.29 is 36.0 Å². The molecule has 0 bridgehead atoms. The molecule has 16 heteroatoms. The Hall–Kier alpha value is -3.83. The number of hydrogen-bond donors (Lipinski definition) is 1. The number of aryl methyl sites for hydroxylation is 2. The highest BCUT2D eigenvalue weighted by Gasteiger charge is 2.62. The van der Waals surface area contributed by atoms with Crippen LogP contribution in [0.25, 0.3) is 0 Å². The van der Waals surface area contributed by atoms with Crippen molar-refractivity contribution >= 4 is 40.8 Å². The average Bonchev–Trinajstić information content (AvgIpc) is 3.47. The first-order valence-corrected chi connectivity index (χ1v) is 12.5. The van der Waals surface area contributed by atoms with Crippen LogP contribution < -0.4 is 5.32 Å². The van der Waals surface area contributed by atoms with Crippen LogP contribution in [0.2, 0.25) is 10.0 Å². The van der Waals surface area contributed by atoms with E-state index in [1.807, 2.05) is 0 Å². The van der Waals surface area contributed by atoms with Gasteiger partial charge in [-0.1, -0.05) is 34.4 Å². The predicted octanol–water partition coefficient (Wildman–Crippen LogP) is 6.75. The van der Waals surface area contributed by atoms with Crippen molar-refractivity contribution in [3.8, 4) is 6.07 Å². The van der Waals surface area contributed by atoms with Crippen molar-refractivity contribution in [2.75, 3.05) is 5.32 Å². The molecule has 1 aliphatic rings. The molecule has 8 nitrogen and oxygen atoms in total. The van der Waals surface area contributed by atoms with Gasteiger partial charge in [0.15, 0.2) is 0 Å². The van der Waals surface area contributed by atoms with Crippen molar-refractivity contribution in [1.82, 2.24) is 14.8 Å². The lowest BCUT2D eigenvalue weighted by atomic mass is 9.86. The van der Waals surface area contributed by atoms with Gasteiger partial charge in [0.1, 0.15) is 12.4 Å². The molecule has 1 aromatic heterocycles. The summed E-state index contributed by atoms with van der Waals surface area (Å²) in [5, 5.41) is 18.8. The first-order valence-electron chi connectivity index (χ1n) is 11.7. The second-order valence-electron chi connectivity index (χ2n) is 9.06. The molecule has 1 aliphatic heterocycles. The van der Waals surface area contributed by atoms with Crippen LogP contribution in [-0.4, -0.2) is 38.7 Å². The fourth-order valence-corrected chi connectivity index (χ4v) is 4.70. The first-order chi connectivity index (χ1) is 19.1. The number of carbonyl (C=O) groups excluding carboxylic acids is 1. The molecule has 3 aromatic rings. The smallest absolute Gasteiger partial charge is 0.374 e. The molecule has 0 radical (unpaired) electrons. The van der Waals surface area contributed by atoms with Gasteiger partial charge >= 0.3 is 12.4 Å². The van der Waals surface area contributed by atoms with E-state index >= 15 is 0 Å². The zero-order valence-corrected chi connectivity index (χ0v) is 22.4. The number of hydrogen-bond acceptors (Lipinski definition) is 6. The summed E-state index contributed by atoms with van der Waals surface area (Å²) in [6.45, 7) is 1.15. The summed E-state index contributed by atoms with van der Waals surface area (Å²) < 4.78 is 81.7. The van der Waals surface area contributed by atoms with Crippen molar-refractivity contribution in [2.45, 2.75) is 50.7 Å². The van der Waals surface area contributed by atoms with Crippen LogP contribution in [0.4, 0.5) is 32.3 Å². The molecule has 0 spiro atoms. The Morgan fingerprint density at radius 1 is 1.15 bits per heavy atom. The summed E-state index contributed by atoms with van der Waals surface area (Å²) in [5.74, 6) is -1.18. The third kappa shape index (κ3) is 6.57. The van der Waals surface area contributed by atoms with Crippen molar-refractivity contribution in [2.24, 2.45) is 5.16 Å². The molecule has 0 saturated carbocycles. The number of rotatable bonds is 7. The van der Waals surface area contributed by atoms with Gasteiger partial charge in [-0.25, -0.2) is 4.68 Å². The van der Waals surface area contributed by atoms with E-state index in [0.717, 1.165) is 16.8 Å². The van der Waals surface area contributed by atoms with Crippen molar-refractivity contribution in [3.05, 3.63) is 74.5 Å². The topological polar surface area (TPSA) is 105 Å². The van der Waals surface area contributed by atoms with Gasteiger partial charge in [0.2, 0.25) is 5.95 Å². The lowest BCUT2D eigenvalue weighted by molar-refractivity contribution is -0.275. The number of anilines is 1. The molecule has 1 amide bonds. The van der Waals surface area contributed by atoms with Crippen LogP contribution in [0.3, 0.4) is 0 Å². The SMILES string of the molecule is Cc1cc(C2=NOC(c3cc(Cl)cc(Cl)c3)(C(F)(F)F)C2)ccc1C(=O)Nc1nc(CCC(F)(F)F)n(CC#N)n1. The number of carbonyl (C=O) groups is 1. The van der Waals surface area contributed by atoms with E-state index < -0.39 is 43.1 Å². The van der Waals surface area contributed by atoms with E-state index in [-0.39, 0.29) is 50.8 Å². The minimum atomic E-state index is -4.89. The number of nitrogens with one attached hydrogen (secondary N) is 1. The Kier molecular flexibility index (Phi) is 8.24. The molecule has 216 valence electrons. The number of aromatic nitrogens is 3. The van der Waals surface area contributed by atoms with Gasteiger partial charge in [0.25, 0.3) is 11.5 Å². The predicted molar refractivity (Wildman–Crippen MR) is 136 cm³/mol. The van der Waals surface area contributed by atoms with Gasteiger partial charge in [-0.2, -0.15) is 36.6 Å². The molecule has 2 aromatic carbocycles. The highest BCUT2D eigenvalue weighted by Crippen LogP contribution is 2.49. The van der Waals surface area contributed by atoms with Gasteiger partial charge in [-0.15, -0.1) is 5.10 Å². The maximum Gasteiger partial charge on any atom is 0.435 e. The maximum atomic E-state index is 14.3. The Bertz CT molecular complexity index is 1540. The summed E-state index contributed by atoms with van der Waals surface area (Å²) >= 11 is 11.9. The summed E-state index contributed by atoms with van der Waals surface area (Å²) in [6, 6.07) is 9.38. The molecule has 1 atom stereocenters. The Balaban J connectivity index is 1.54. The third-order valence-electron chi connectivity index (χ3n) is 6.15. The minimum absolute atomic E-state index is 0.0150. The molecule has 41 heavy (non-hydrogen) atoms. The summed E-state index contributed by atoms with van der Waals surface area (Å²) in [6.07, 6.45) is -11.8. The second-order valence-corrected chi connectivity index (χ2v) is 9.93. The number of nitrogens with zero attached hydrogens (tertiary/aromatic N) is 5. The van der Waals surface area contributed by atoms with Crippen LogP contribution in [0.1, 0.15) is 45.7 Å². The normalized spacial score (nSPS) is 17.1. The van der Waals surface area contributed by atoms with E-state index in [9.17, 15) is 31.1 Å². The van der Waals surface area contributed by atoms with Crippen LogP contribution in [0.5, 0.6) is 0 Å². The van der Waals surface area contributed by atoms with Gasteiger partial charge in [0.05, 0.1) is 18.2 Å². The molecule has 2 heterocycles. The van der Waals surface area contributed by atoms with Gasteiger partial charge in [-0.3, -0.25) is 10.1 Å². The Morgan fingerprint density at radius 3 is 2.41 bits per heavy atom. The summed E-state index contributed by atoms with van der Waals surface area (Å²) in [7, 11) is 0. The second kappa shape index (κ2) is 11.2. The Morgan fingerprint density at radius 2 is 1.83 bits per heavy atom. The monoisotopic (exact) mass is 618 g/mol. The van der Waals surface area contributed by atoms with Crippen LogP contribution in [0, 0.1) is 18.3 Å². The molecule has 0 saturated heterocycles. The lowest BCUT2D eigenvalue weighted by Gasteiger charge is -2.29. The zero-order chi connectivity index (χ0) is 30.2. The molecule has 1 unspecified atom stereocenters. The highest BCUT2D eigenvalue weighted by molar-refractivity contribution is 6.34. The number of halogens is 8. The minimum Gasteiger partial charge on any atom is -0.374 e. The Labute approximate surface area is 238 Å². The van der Waals surface area contributed by atoms with E-state index in [2.05, 4.69) is 20.6 Å². The van der Waals surface area contributed by atoms with E-state index in [1.54, 1.807) is 6.07 Å². The van der Waals surface area contributed by atoms with Gasteiger partial charge in [0, 0.05) is 34.0 Å². The number of oxime groups is 1. The highest BCUT2D eigenvalue weighted by atomic mass is 35.5. The van der Waals surface area contributed by atoms with Crippen LogP contribution in [0.15, 0.2) is 41.6 Å². The number of nitriles is 1. The van der Waals surface area contributed by atoms with E-state index in [0.29, 0.717) is 5.56 Å². The number of alkyl halides is 6. The van der Waals surface area contributed by atoms with Gasteiger partial charge in [-0.05, 0) is 48.4 Å². The fourth-order valence-electron chi connectivity index (χ4n) is 4.17. The molecule has 0 fully saturated rings. The lowest BCUT2D eigenvalue weighted by Crippen LogP contribution is -2.42.